The second-order valence-corrected chi connectivity index (χ2v) is 4.65. The lowest BCUT2D eigenvalue weighted by Gasteiger charge is -2.08. The number of oxime groups is 1. The van der Waals surface area contributed by atoms with Crippen LogP contribution in [0.2, 0.25) is 5.02 Å². The van der Waals surface area contributed by atoms with Crippen LogP contribution in [-0.2, 0) is 11.3 Å². The van der Waals surface area contributed by atoms with Crippen molar-refractivity contribution in [2.24, 2.45) is 10.9 Å². The van der Waals surface area contributed by atoms with Gasteiger partial charge in [-0.15, -0.1) is 0 Å². The summed E-state index contributed by atoms with van der Waals surface area (Å²) < 4.78 is 0. The molecule has 1 aromatic rings. The molecule has 110 valence electrons. The first-order valence-corrected chi connectivity index (χ1v) is 6.70. The van der Waals surface area contributed by atoms with Gasteiger partial charge in [0.05, 0.1) is 6.54 Å². The maximum atomic E-state index is 11.4. The molecule has 0 atom stereocenters. The Hall–Kier alpha value is -1.79. The van der Waals surface area contributed by atoms with Crippen molar-refractivity contribution >= 4 is 23.3 Å². The van der Waals surface area contributed by atoms with Gasteiger partial charge in [0, 0.05) is 23.7 Å². The van der Waals surface area contributed by atoms with Crippen LogP contribution in [0, 0.1) is 0 Å². The first-order chi connectivity index (χ1) is 9.58. The average Bonchev–Trinajstić information content (AvgIpc) is 2.45. The van der Waals surface area contributed by atoms with E-state index in [2.05, 4.69) is 15.8 Å². The number of amides is 1. The van der Waals surface area contributed by atoms with Gasteiger partial charge in [0.1, 0.15) is 0 Å². The van der Waals surface area contributed by atoms with Gasteiger partial charge in [0.2, 0.25) is 5.91 Å². The van der Waals surface area contributed by atoms with E-state index in [1.165, 1.54) is 0 Å². The number of halogens is 1. The minimum atomic E-state index is -0.0451. The number of carbonyl (C=O) groups is 1. The van der Waals surface area contributed by atoms with E-state index in [1.807, 2.05) is 6.92 Å². The molecule has 0 aromatic heterocycles. The fraction of sp³-hybridized carbons (Fsp3) is 0.385. The predicted molar refractivity (Wildman–Crippen MR) is 79.0 cm³/mol. The lowest BCUT2D eigenvalue weighted by atomic mass is 10.1. The second kappa shape index (κ2) is 8.39. The zero-order valence-electron chi connectivity index (χ0n) is 11.3. The van der Waals surface area contributed by atoms with Gasteiger partial charge < -0.3 is 21.6 Å². The van der Waals surface area contributed by atoms with E-state index >= 15 is 0 Å². The number of rotatable bonds is 7. The molecule has 0 fully saturated rings. The highest BCUT2D eigenvalue weighted by atomic mass is 35.5. The summed E-state index contributed by atoms with van der Waals surface area (Å²) in [6.45, 7) is 3.37. The van der Waals surface area contributed by atoms with E-state index in [0.717, 1.165) is 12.0 Å². The minimum Gasteiger partial charge on any atom is -0.409 e. The molecule has 0 spiro atoms. The summed E-state index contributed by atoms with van der Waals surface area (Å²) in [5.74, 6) is -0.0402. The van der Waals surface area contributed by atoms with Gasteiger partial charge in [0.15, 0.2) is 5.84 Å². The van der Waals surface area contributed by atoms with Crippen LogP contribution in [0.4, 0.5) is 0 Å². The summed E-state index contributed by atoms with van der Waals surface area (Å²) in [5.41, 5.74) is 6.85. The van der Waals surface area contributed by atoms with Crippen LogP contribution < -0.4 is 16.4 Å². The summed E-state index contributed by atoms with van der Waals surface area (Å²) in [6, 6.07) is 5.09. The van der Waals surface area contributed by atoms with Crippen molar-refractivity contribution < 1.29 is 10.0 Å². The Morgan fingerprint density at radius 1 is 1.50 bits per heavy atom. The van der Waals surface area contributed by atoms with Crippen molar-refractivity contribution in [2.75, 3.05) is 13.1 Å². The molecule has 6 nitrogen and oxygen atoms in total. The number of nitrogens with zero attached hydrogens (tertiary/aromatic N) is 1. The van der Waals surface area contributed by atoms with Crippen molar-refractivity contribution in [1.82, 2.24) is 10.6 Å². The molecular formula is C13H19ClN4O2. The van der Waals surface area contributed by atoms with E-state index in [1.54, 1.807) is 18.2 Å². The molecule has 0 saturated heterocycles. The molecule has 0 heterocycles. The maximum absolute atomic E-state index is 11.4. The third-order valence-electron chi connectivity index (χ3n) is 2.63. The van der Waals surface area contributed by atoms with Crippen molar-refractivity contribution in [3.05, 3.63) is 34.3 Å². The third-order valence-corrected chi connectivity index (χ3v) is 2.98. The fourth-order valence-electron chi connectivity index (χ4n) is 1.55. The highest BCUT2D eigenvalue weighted by Crippen LogP contribution is 2.17. The Balaban J connectivity index is 2.51. The van der Waals surface area contributed by atoms with Crippen LogP contribution in [-0.4, -0.2) is 30.0 Å². The molecule has 20 heavy (non-hydrogen) atoms. The molecule has 0 aliphatic heterocycles. The molecule has 0 aliphatic carbocycles. The Kier molecular flexibility index (Phi) is 6.83. The largest absolute Gasteiger partial charge is 0.409 e. The van der Waals surface area contributed by atoms with Crippen molar-refractivity contribution in [3.8, 4) is 0 Å². The third kappa shape index (κ3) is 5.07. The first kappa shape index (κ1) is 16.3. The van der Waals surface area contributed by atoms with E-state index in [9.17, 15) is 4.79 Å². The molecule has 0 unspecified atom stereocenters. The van der Waals surface area contributed by atoms with Crippen molar-refractivity contribution in [1.29, 1.82) is 0 Å². The normalized spacial score (nSPS) is 11.4. The molecule has 0 radical (unpaired) electrons. The molecule has 0 saturated carbocycles. The molecule has 1 amide bonds. The Morgan fingerprint density at radius 3 is 2.85 bits per heavy atom. The molecule has 0 aliphatic rings. The summed E-state index contributed by atoms with van der Waals surface area (Å²) in [5, 5.41) is 17.8. The number of nitrogens with one attached hydrogen (secondary N) is 2. The lowest BCUT2D eigenvalue weighted by Crippen LogP contribution is -2.34. The number of hydrogen-bond donors (Lipinski definition) is 4. The van der Waals surface area contributed by atoms with Gasteiger partial charge in [-0.3, -0.25) is 4.79 Å². The van der Waals surface area contributed by atoms with Gasteiger partial charge in [-0.2, -0.15) is 0 Å². The van der Waals surface area contributed by atoms with Crippen molar-refractivity contribution in [3.63, 3.8) is 0 Å². The summed E-state index contributed by atoms with van der Waals surface area (Å²) in [4.78, 5) is 11.4. The average molecular weight is 299 g/mol. The van der Waals surface area contributed by atoms with Gasteiger partial charge in [0.25, 0.3) is 0 Å². The van der Waals surface area contributed by atoms with Crippen LogP contribution in [0.1, 0.15) is 24.5 Å². The van der Waals surface area contributed by atoms with Crippen LogP contribution in [0.3, 0.4) is 0 Å². The Labute approximate surface area is 123 Å². The van der Waals surface area contributed by atoms with E-state index in [4.69, 9.17) is 22.5 Å². The highest BCUT2D eigenvalue weighted by Gasteiger charge is 2.06. The number of benzene rings is 1. The SMILES string of the molecule is CCCNC(=O)CNCc1ccc(/C(N)=N/O)cc1Cl. The summed E-state index contributed by atoms with van der Waals surface area (Å²) in [6.07, 6.45) is 0.910. The topological polar surface area (TPSA) is 99.7 Å². The van der Waals surface area contributed by atoms with Crippen LogP contribution in [0.5, 0.6) is 0 Å². The first-order valence-electron chi connectivity index (χ1n) is 6.32. The van der Waals surface area contributed by atoms with Gasteiger partial charge in [-0.05, 0) is 18.1 Å². The monoisotopic (exact) mass is 298 g/mol. The van der Waals surface area contributed by atoms with Crippen LogP contribution >= 0.6 is 11.6 Å². The zero-order valence-corrected chi connectivity index (χ0v) is 12.1. The Morgan fingerprint density at radius 2 is 2.25 bits per heavy atom. The smallest absolute Gasteiger partial charge is 0.233 e. The summed E-state index contributed by atoms with van der Waals surface area (Å²) >= 11 is 6.10. The van der Waals surface area contributed by atoms with Gasteiger partial charge in [-0.25, -0.2) is 0 Å². The maximum Gasteiger partial charge on any atom is 0.233 e. The molecule has 7 heteroatoms. The molecule has 0 bridgehead atoms. The van der Waals surface area contributed by atoms with Gasteiger partial charge in [-0.1, -0.05) is 35.8 Å². The van der Waals surface area contributed by atoms with Crippen molar-refractivity contribution in [2.45, 2.75) is 19.9 Å². The second-order valence-electron chi connectivity index (χ2n) is 4.24. The van der Waals surface area contributed by atoms with E-state index < -0.39 is 0 Å². The summed E-state index contributed by atoms with van der Waals surface area (Å²) in [7, 11) is 0. The zero-order chi connectivity index (χ0) is 15.0. The predicted octanol–water partition coefficient (Wildman–Crippen LogP) is 1.05. The molecular weight excluding hydrogens is 280 g/mol. The molecule has 1 aromatic carbocycles. The number of amidine groups is 1. The lowest BCUT2D eigenvalue weighted by molar-refractivity contribution is -0.120. The number of carbonyl (C=O) groups excluding carboxylic acids is 1. The highest BCUT2D eigenvalue weighted by molar-refractivity contribution is 6.31. The van der Waals surface area contributed by atoms with E-state index in [-0.39, 0.29) is 18.3 Å². The number of nitrogens with two attached hydrogens (primary N) is 1. The van der Waals surface area contributed by atoms with Gasteiger partial charge >= 0.3 is 0 Å². The van der Waals surface area contributed by atoms with Crippen LogP contribution in [0.25, 0.3) is 0 Å². The quantitative estimate of drug-likeness (QED) is 0.262. The fourth-order valence-corrected chi connectivity index (χ4v) is 1.79. The minimum absolute atomic E-state index is 0.00496. The van der Waals surface area contributed by atoms with Crippen LogP contribution in [0.15, 0.2) is 23.4 Å². The molecule has 1 rings (SSSR count). The van der Waals surface area contributed by atoms with E-state index in [0.29, 0.717) is 23.7 Å². The number of hydrogen-bond acceptors (Lipinski definition) is 4. The standard InChI is InChI=1S/C13H19ClN4O2/c1-2-5-17-12(19)8-16-7-10-4-3-9(6-11(10)14)13(15)18-20/h3-4,6,16,20H,2,5,7-8H2,1H3,(H2,15,18)(H,17,19). The Bertz CT molecular complexity index is 491. The molecule has 5 N–H and O–H groups in total.